The molecule has 0 bridgehead atoms. The van der Waals surface area contributed by atoms with E-state index in [1.165, 1.54) is 0 Å². The van der Waals surface area contributed by atoms with Gasteiger partial charge in [0.15, 0.2) is 0 Å². The van der Waals surface area contributed by atoms with Crippen LogP contribution in [0.15, 0.2) is 47.4 Å². The normalized spacial score (nSPS) is 15.0. The Balaban J connectivity index is 0.000000298. The summed E-state index contributed by atoms with van der Waals surface area (Å²) in [4.78, 5) is 21.4. The molecule has 9 heteroatoms. The van der Waals surface area contributed by atoms with Crippen LogP contribution in [0.5, 0.6) is 0 Å². The number of piperidine rings is 1. The van der Waals surface area contributed by atoms with Gasteiger partial charge in [-0.1, -0.05) is 30.3 Å². The van der Waals surface area contributed by atoms with Crippen molar-refractivity contribution < 1.29 is 23.1 Å². The number of hydrogen-bond donors (Lipinski definition) is 2. The van der Waals surface area contributed by atoms with Gasteiger partial charge in [0.1, 0.15) is 0 Å². The number of hydrogen-bond acceptors (Lipinski definition) is 4. The van der Waals surface area contributed by atoms with Crippen LogP contribution in [-0.2, 0) is 4.79 Å². The van der Waals surface area contributed by atoms with Crippen LogP contribution in [0, 0.1) is 0 Å². The first-order valence-electron chi connectivity index (χ1n) is 7.95. The van der Waals surface area contributed by atoms with Crippen LogP contribution < -0.4 is 10.9 Å². The SMILES string of the molecule is O=C(O)C(F)(F)F.O=c1c(-c2ccccc2)ccnn1C1CCNCC1. The number of carbonyl (C=O) groups is 1. The Morgan fingerprint density at radius 1 is 1.15 bits per heavy atom. The number of aromatic nitrogens is 2. The van der Waals surface area contributed by atoms with Gasteiger partial charge in [0.25, 0.3) is 5.56 Å². The Morgan fingerprint density at radius 2 is 1.73 bits per heavy atom. The highest BCUT2D eigenvalue weighted by molar-refractivity contribution is 5.73. The van der Waals surface area contributed by atoms with E-state index in [9.17, 15) is 18.0 Å². The van der Waals surface area contributed by atoms with Gasteiger partial charge in [0, 0.05) is 6.20 Å². The Morgan fingerprint density at radius 3 is 2.27 bits per heavy atom. The number of nitrogens with one attached hydrogen (secondary N) is 1. The van der Waals surface area contributed by atoms with Crippen LogP contribution in [0.4, 0.5) is 13.2 Å². The van der Waals surface area contributed by atoms with Crippen molar-refractivity contribution >= 4 is 5.97 Å². The molecule has 26 heavy (non-hydrogen) atoms. The molecule has 1 aliphatic heterocycles. The van der Waals surface area contributed by atoms with Crippen molar-refractivity contribution in [3.63, 3.8) is 0 Å². The molecule has 1 aliphatic rings. The van der Waals surface area contributed by atoms with Gasteiger partial charge in [-0.05, 0) is 37.6 Å². The summed E-state index contributed by atoms with van der Waals surface area (Å²) in [5, 5.41) is 14.7. The smallest absolute Gasteiger partial charge is 0.475 e. The highest BCUT2D eigenvalue weighted by atomic mass is 19.4. The van der Waals surface area contributed by atoms with Gasteiger partial charge in [0.05, 0.1) is 11.6 Å². The Hall–Kier alpha value is -2.68. The minimum Gasteiger partial charge on any atom is -0.475 e. The summed E-state index contributed by atoms with van der Waals surface area (Å²) in [7, 11) is 0. The second kappa shape index (κ2) is 8.61. The summed E-state index contributed by atoms with van der Waals surface area (Å²) < 4.78 is 33.4. The molecule has 2 aromatic rings. The van der Waals surface area contributed by atoms with Crippen molar-refractivity contribution in [3.8, 4) is 11.1 Å². The fourth-order valence-electron chi connectivity index (χ4n) is 2.58. The van der Waals surface area contributed by atoms with E-state index in [0.29, 0.717) is 0 Å². The number of alkyl halides is 3. The molecule has 1 fully saturated rings. The molecule has 1 aromatic heterocycles. The van der Waals surface area contributed by atoms with Crippen molar-refractivity contribution in [2.75, 3.05) is 13.1 Å². The van der Waals surface area contributed by atoms with Gasteiger partial charge in [0.2, 0.25) is 0 Å². The van der Waals surface area contributed by atoms with Crippen molar-refractivity contribution in [2.45, 2.75) is 25.1 Å². The predicted molar refractivity (Wildman–Crippen MR) is 88.8 cm³/mol. The molecule has 3 rings (SSSR count). The van der Waals surface area contributed by atoms with Gasteiger partial charge in [-0.15, -0.1) is 0 Å². The fourth-order valence-corrected chi connectivity index (χ4v) is 2.58. The molecule has 1 saturated heterocycles. The Bertz CT molecular complexity index is 785. The van der Waals surface area contributed by atoms with Gasteiger partial charge in [-0.3, -0.25) is 4.79 Å². The number of carboxylic acid groups (broad SMARTS) is 1. The molecule has 0 spiro atoms. The molecule has 0 atom stereocenters. The molecule has 6 nitrogen and oxygen atoms in total. The standard InChI is InChI=1S/C15H17N3O.C2HF3O2/c19-15-14(12-4-2-1-3-5-12)8-11-17-18(15)13-6-9-16-10-7-13;3-2(4,5)1(6)7/h1-5,8,11,13,16H,6-7,9-10H2;(H,6,7). The van der Waals surface area contributed by atoms with Crippen molar-refractivity contribution in [3.05, 3.63) is 52.9 Å². The number of carboxylic acids is 1. The molecular formula is C17H18F3N3O3. The van der Waals surface area contributed by atoms with Crippen molar-refractivity contribution in [2.24, 2.45) is 0 Å². The first-order chi connectivity index (χ1) is 12.3. The van der Waals surface area contributed by atoms with Gasteiger partial charge in [-0.2, -0.15) is 18.3 Å². The molecule has 2 N–H and O–H groups in total. The number of rotatable bonds is 2. The summed E-state index contributed by atoms with van der Waals surface area (Å²) in [5.41, 5.74) is 1.70. The molecule has 2 heterocycles. The minimum atomic E-state index is -5.08. The Kier molecular flexibility index (Phi) is 6.51. The third kappa shape index (κ3) is 5.16. The number of nitrogens with zero attached hydrogens (tertiary/aromatic N) is 2. The summed E-state index contributed by atoms with van der Waals surface area (Å²) >= 11 is 0. The fraction of sp³-hybridized carbons (Fsp3) is 0.353. The van der Waals surface area contributed by atoms with Crippen molar-refractivity contribution in [1.29, 1.82) is 0 Å². The first kappa shape index (κ1) is 19.6. The average Bonchev–Trinajstić information content (AvgIpc) is 2.63. The van der Waals surface area contributed by atoms with E-state index in [1.54, 1.807) is 16.9 Å². The van der Waals surface area contributed by atoms with E-state index >= 15 is 0 Å². The molecule has 0 unspecified atom stereocenters. The first-order valence-corrected chi connectivity index (χ1v) is 7.95. The minimum absolute atomic E-state index is 0.0144. The average molecular weight is 369 g/mol. The molecule has 0 radical (unpaired) electrons. The van der Waals surface area contributed by atoms with Crippen LogP contribution in [0.2, 0.25) is 0 Å². The summed E-state index contributed by atoms with van der Waals surface area (Å²) in [6.07, 6.45) is -1.43. The van der Waals surface area contributed by atoms with E-state index in [1.807, 2.05) is 30.3 Å². The molecule has 140 valence electrons. The molecular weight excluding hydrogens is 351 g/mol. The Labute approximate surface area is 147 Å². The van der Waals surface area contributed by atoms with Gasteiger partial charge in [-0.25, -0.2) is 9.48 Å². The van der Waals surface area contributed by atoms with E-state index in [-0.39, 0.29) is 11.6 Å². The lowest BCUT2D eigenvalue weighted by molar-refractivity contribution is -0.192. The van der Waals surface area contributed by atoms with E-state index in [0.717, 1.165) is 37.1 Å². The number of benzene rings is 1. The maximum atomic E-state index is 12.5. The second-order valence-corrected chi connectivity index (χ2v) is 5.64. The zero-order chi connectivity index (χ0) is 19.2. The maximum Gasteiger partial charge on any atom is 0.490 e. The highest BCUT2D eigenvalue weighted by Gasteiger charge is 2.38. The molecule has 0 aliphatic carbocycles. The topological polar surface area (TPSA) is 84.2 Å². The zero-order valence-electron chi connectivity index (χ0n) is 13.7. The van der Waals surface area contributed by atoms with Gasteiger partial charge >= 0.3 is 12.1 Å². The lowest BCUT2D eigenvalue weighted by atomic mass is 10.1. The maximum absolute atomic E-state index is 12.5. The number of aliphatic carboxylic acids is 1. The molecule has 1 aromatic carbocycles. The number of halogens is 3. The third-order valence-corrected chi connectivity index (χ3v) is 3.85. The van der Waals surface area contributed by atoms with E-state index < -0.39 is 12.1 Å². The highest BCUT2D eigenvalue weighted by Crippen LogP contribution is 2.18. The van der Waals surface area contributed by atoms with Crippen LogP contribution in [0.3, 0.4) is 0 Å². The lowest BCUT2D eigenvalue weighted by Gasteiger charge is -2.23. The van der Waals surface area contributed by atoms with Crippen molar-refractivity contribution in [1.82, 2.24) is 15.1 Å². The van der Waals surface area contributed by atoms with Crippen LogP contribution in [0.1, 0.15) is 18.9 Å². The summed E-state index contributed by atoms with van der Waals surface area (Å²) in [6, 6.07) is 11.8. The molecule has 0 amide bonds. The zero-order valence-corrected chi connectivity index (χ0v) is 13.7. The van der Waals surface area contributed by atoms with Crippen LogP contribution in [-0.4, -0.2) is 40.1 Å². The summed E-state index contributed by atoms with van der Waals surface area (Å²) in [5.74, 6) is -2.76. The second-order valence-electron chi connectivity index (χ2n) is 5.64. The van der Waals surface area contributed by atoms with Crippen LogP contribution in [0.25, 0.3) is 11.1 Å². The third-order valence-electron chi connectivity index (χ3n) is 3.85. The summed E-state index contributed by atoms with van der Waals surface area (Å²) in [6.45, 7) is 1.91. The van der Waals surface area contributed by atoms with Crippen LogP contribution >= 0.6 is 0 Å². The quantitative estimate of drug-likeness (QED) is 0.850. The van der Waals surface area contributed by atoms with Gasteiger partial charge < -0.3 is 10.4 Å². The lowest BCUT2D eigenvalue weighted by Crippen LogP contribution is -2.35. The monoisotopic (exact) mass is 369 g/mol. The predicted octanol–water partition coefficient (Wildman–Crippen LogP) is 2.47. The van der Waals surface area contributed by atoms with E-state index in [2.05, 4.69) is 10.4 Å². The largest absolute Gasteiger partial charge is 0.490 e. The molecule has 0 saturated carbocycles. The van der Waals surface area contributed by atoms with E-state index in [4.69, 9.17) is 9.90 Å².